The highest BCUT2D eigenvalue weighted by Crippen LogP contribution is 2.53. The first kappa shape index (κ1) is 29.2. The van der Waals surface area contributed by atoms with E-state index >= 15 is 0 Å². The Bertz CT molecular complexity index is 158. The summed E-state index contributed by atoms with van der Waals surface area (Å²) in [5, 5.41) is 0. The summed E-state index contributed by atoms with van der Waals surface area (Å²) in [4.78, 5) is 31.0. The van der Waals surface area contributed by atoms with Gasteiger partial charge >= 0.3 is 15.6 Å². The van der Waals surface area contributed by atoms with Gasteiger partial charge in [-0.25, -0.2) is 9.13 Å². The standard InChI is InChI=1S/3H3N.H4O7P2.H2O/c;;;1-8(2,3)7-9(4,5)6;/h3*1H3;(H2,1,2,3)(H2,4,5,6);1H2. The Hall–Kier alpha value is 0.100. The van der Waals surface area contributed by atoms with Gasteiger partial charge in [0.05, 0.1) is 0 Å². The molecular weight excluding hydrogens is 232 g/mol. The summed E-state index contributed by atoms with van der Waals surface area (Å²) in [6.07, 6.45) is 0. The van der Waals surface area contributed by atoms with Crippen LogP contribution in [0, 0.1) is 0 Å². The largest absolute Gasteiger partial charge is 0.478 e. The van der Waals surface area contributed by atoms with Crippen molar-refractivity contribution < 1.29 is 38.5 Å². The first-order valence-corrected chi connectivity index (χ1v) is 4.59. The molecule has 0 heterocycles. The van der Waals surface area contributed by atoms with E-state index in [0.717, 1.165) is 0 Å². The molecule has 15 N–H and O–H groups in total. The van der Waals surface area contributed by atoms with Gasteiger partial charge in [0, 0.05) is 0 Å². The van der Waals surface area contributed by atoms with Crippen molar-refractivity contribution in [2.24, 2.45) is 0 Å². The third-order valence-corrected chi connectivity index (χ3v) is 1.91. The van der Waals surface area contributed by atoms with Gasteiger partial charge in [0.2, 0.25) is 0 Å². The van der Waals surface area contributed by atoms with Crippen molar-refractivity contribution in [2.75, 3.05) is 0 Å². The molecule has 0 aliphatic heterocycles. The molecule has 13 heavy (non-hydrogen) atoms. The molecule has 11 nitrogen and oxygen atoms in total. The molecule has 0 aliphatic carbocycles. The van der Waals surface area contributed by atoms with Gasteiger partial charge in [-0.05, 0) is 0 Å². The lowest BCUT2D eigenvalue weighted by Gasteiger charge is -2.03. The number of phosphoric acid groups is 2. The molecule has 0 aromatic heterocycles. The third-order valence-electron chi connectivity index (χ3n) is 0.213. The van der Waals surface area contributed by atoms with E-state index in [-0.39, 0.29) is 23.9 Å². The van der Waals surface area contributed by atoms with Crippen molar-refractivity contribution >= 4 is 15.6 Å². The van der Waals surface area contributed by atoms with Gasteiger partial charge in [-0.15, -0.1) is 0 Å². The fraction of sp³-hybridized carbons (Fsp3) is 0. The number of rotatable bonds is 2. The first-order chi connectivity index (χ1) is 3.71. The molecule has 0 atom stereocenters. The summed E-state index contributed by atoms with van der Waals surface area (Å²) < 4.78 is 22.2. The Kier molecular flexibility index (Phi) is 19.5. The predicted molar refractivity (Wildman–Crippen MR) is 43.9 cm³/mol. The average Bonchev–Trinajstić information content (AvgIpc) is 1.14. The van der Waals surface area contributed by atoms with E-state index < -0.39 is 15.6 Å². The van der Waals surface area contributed by atoms with Gasteiger partial charge < -0.3 is 43.5 Å². The van der Waals surface area contributed by atoms with Crippen LogP contribution in [0.4, 0.5) is 0 Å². The van der Waals surface area contributed by atoms with Crippen molar-refractivity contribution in [2.45, 2.75) is 0 Å². The highest BCUT2D eigenvalue weighted by Gasteiger charge is 2.27. The average molecular weight is 247 g/mol. The van der Waals surface area contributed by atoms with Gasteiger partial charge in [0.15, 0.2) is 0 Å². The van der Waals surface area contributed by atoms with Crippen molar-refractivity contribution in [3.05, 3.63) is 0 Å². The van der Waals surface area contributed by atoms with Crippen LogP contribution in [0.2, 0.25) is 0 Å². The minimum Gasteiger partial charge on any atom is -0.412 e. The highest BCUT2D eigenvalue weighted by molar-refractivity contribution is 7.60. The highest BCUT2D eigenvalue weighted by atomic mass is 31.3. The lowest BCUT2D eigenvalue weighted by atomic mass is 14.0. The third kappa shape index (κ3) is 33.2. The van der Waals surface area contributed by atoms with Crippen molar-refractivity contribution in [1.82, 2.24) is 18.5 Å². The number of hydrogen-bond acceptors (Lipinski definition) is 6. The molecule has 0 aromatic rings. The van der Waals surface area contributed by atoms with E-state index in [1.165, 1.54) is 0 Å². The van der Waals surface area contributed by atoms with E-state index in [2.05, 4.69) is 4.31 Å². The smallest absolute Gasteiger partial charge is 0.412 e. The Morgan fingerprint density at radius 2 is 0.923 bits per heavy atom. The molecule has 88 valence electrons. The lowest BCUT2D eigenvalue weighted by molar-refractivity contribution is 0.225. The van der Waals surface area contributed by atoms with Gasteiger partial charge in [-0.1, -0.05) is 0 Å². The Balaban J connectivity index is -0.0000000533. The first-order valence-electron chi connectivity index (χ1n) is 1.53. The van der Waals surface area contributed by atoms with E-state index in [4.69, 9.17) is 19.6 Å². The maximum atomic E-state index is 9.63. The van der Waals surface area contributed by atoms with Crippen molar-refractivity contribution in [1.29, 1.82) is 0 Å². The van der Waals surface area contributed by atoms with Gasteiger partial charge in [0.1, 0.15) is 0 Å². The summed E-state index contributed by atoms with van der Waals surface area (Å²) in [6.45, 7) is 0. The topological polar surface area (TPSA) is 261 Å². The van der Waals surface area contributed by atoms with Crippen LogP contribution in [-0.4, -0.2) is 25.0 Å². The zero-order chi connectivity index (χ0) is 7.71. The zero-order valence-electron chi connectivity index (χ0n) is 6.53. The molecule has 0 aliphatic rings. The molecular formula is H15N3O8P2. The van der Waals surface area contributed by atoms with Gasteiger partial charge in [-0.2, -0.15) is 4.31 Å². The van der Waals surface area contributed by atoms with E-state index in [1.54, 1.807) is 0 Å². The summed E-state index contributed by atoms with van der Waals surface area (Å²) in [5.41, 5.74) is 0. The van der Waals surface area contributed by atoms with Crippen LogP contribution in [0.5, 0.6) is 0 Å². The minimum absolute atomic E-state index is 0. The molecule has 0 amide bonds. The molecule has 0 unspecified atom stereocenters. The van der Waals surface area contributed by atoms with Crippen LogP contribution < -0.4 is 18.5 Å². The molecule has 0 saturated heterocycles. The quantitative estimate of drug-likeness (QED) is 0.287. The molecule has 0 rings (SSSR count). The maximum absolute atomic E-state index is 9.63. The van der Waals surface area contributed by atoms with E-state index in [0.29, 0.717) is 0 Å². The van der Waals surface area contributed by atoms with Crippen molar-refractivity contribution in [3.8, 4) is 0 Å². The van der Waals surface area contributed by atoms with E-state index in [1.807, 2.05) is 0 Å². The summed E-state index contributed by atoms with van der Waals surface area (Å²) in [6, 6.07) is 0. The second kappa shape index (κ2) is 8.69. The number of hydrogen-bond donors (Lipinski definition) is 7. The summed E-state index contributed by atoms with van der Waals surface area (Å²) >= 11 is 0. The van der Waals surface area contributed by atoms with E-state index in [9.17, 15) is 9.13 Å². The Labute approximate surface area is 73.7 Å². The van der Waals surface area contributed by atoms with Crippen LogP contribution in [0.3, 0.4) is 0 Å². The molecule has 0 aromatic carbocycles. The molecule has 0 spiro atoms. The predicted octanol–water partition coefficient (Wildman–Crippen LogP) is -1.15. The second-order valence-electron chi connectivity index (χ2n) is 1.06. The fourth-order valence-electron chi connectivity index (χ4n) is 0.139. The van der Waals surface area contributed by atoms with Crippen LogP contribution in [0.1, 0.15) is 0 Å². The van der Waals surface area contributed by atoms with Gasteiger partial charge in [-0.3, -0.25) is 0 Å². The van der Waals surface area contributed by atoms with Crippen molar-refractivity contribution in [3.63, 3.8) is 0 Å². The Morgan fingerprint density at radius 3 is 0.923 bits per heavy atom. The molecule has 13 heteroatoms. The van der Waals surface area contributed by atoms with Crippen LogP contribution in [-0.2, 0) is 13.4 Å². The minimum atomic E-state index is -5.05. The summed E-state index contributed by atoms with van der Waals surface area (Å²) in [7, 11) is -10.1. The van der Waals surface area contributed by atoms with Crippen LogP contribution in [0.15, 0.2) is 0 Å². The van der Waals surface area contributed by atoms with Crippen LogP contribution in [0.25, 0.3) is 0 Å². The molecule has 0 fully saturated rings. The Morgan fingerprint density at radius 1 is 0.769 bits per heavy atom. The maximum Gasteiger partial charge on any atom is 0.478 e. The van der Waals surface area contributed by atoms with Crippen LogP contribution >= 0.6 is 15.6 Å². The second-order valence-corrected chi connectivity index (χ2v) is 3.68. The zero-order valence-corrected chi connectivity index (χ0v) is 8.32. The molecule has 0 bridgehead atoms. The monoisotopic (exact) mass is 247 g/mol. The van der Waals surface area contributed by atoms with Gasteiger partial charge in [0.25, 0.3) is 0 Å². The summed E-state index contributed by atoms with van der Waals surface area (Å²) in [5.74, 6) is 0. The normalized spacial score (nSPS) is 9.54. The molecule has 0 saturated carbocycles. The SMILES string of the molecule is N.N.N.O.O=P(O)(O)OP(=O)(O)O. The lowest BCUT2D eigenvalue weighted by Crippen LogP contribution is -1.84. The fourth-order valence-corrected chi connectivity index (χ4v) is 1.25. The molecule has 0 radical (unpaired) electrons.